The van der Waals surface area contributed by atoms with Crippen molar-refractivity contribution in [1.29, 1.82) is 0 Å². The molecule has 1 fully saturated rings. The van der Waals surface area contributed by atoms with Gasteiger partial charge in [0.25, 0.3) is 5.69 Å². The van der Waals surface area contributed by atoms with E-state index in [9.17, 15) is 14.9 Å². The number of carbonyl (C=O) groups is 1. The van der Waals surface area contributed by atoms with Gasteiger partial charge in [-0.05, 0) is 17.7 Å². The molecule has 1 unspecified atom stereocenters. The number of nitro groups is 1. The molecule has 0 N–H and O–H groups in total. The molecule has 1 saturated heterocycles. The summed E-state index contributed by atoms with van der Waals surface area (Å²) in [7, 11) is 0. The highest BCUT2D eigenvalue weighted by Crippen LogP contribution is 2.41. The highest BCUT2D eigenvalue weighted by atomic mass is 16.6. The van der Waals surface area contributed by atoms with Gasteiger partial charge < -0.3 is 14.2 Å². The predicted molar refractivity (Wildman–Crippen MR) is 111 cm³/mol. The summed E-state index contributed by atoms with van der Waals surface area (Å²) in [6.45, 7) is 2.26. The predicted octanol–water partition coefficient (Wildman–Crippen LogP) is 3.47. The van der Waals surface area contributed by atoms with Crippen molar-refractivity contribution in [3.05, 3.63) is 76.2 Å². The Morgan fingerprint density at radius 1 is 1.20 bits per heavy atom. The van der Waals surface area contributed by atoms with E-state index in [1.807, 2.05) is 33.7 Å². The Hall–Kier alpha value is -3.52. The number of fused-ring (bicyclic) bond motifs is 3. The molecule has 0 aliphatic carbocycles. The number of hydrogen-bond acceptors (Lipinski definition) is 6. The third-order valence-electron chi connectivity index (χ3n) is 5.82. The maximum absolute atomic E-state index is 13.1. The van der Waals surface area contributed by atoms with Crippen LogP contribution in [0, 0.1) is 10.1 Å². The first-order valence-corrected chi connectivity index (χ1v) is 9.89. The van der Waals surface area contributed by atoms with E-state index in [0.29, 0.717) is 37.6 Å². The van der Waals surface area contributed by atoms with Crippen molar-refractivity contribution in [2.75, 3.05) is 31.2 Å². The smallest absolute Gasteiger partial charge is 0.293 e. The van der Waals surface area contributed by atoms with Crippen LogP contribution in [0.3, 0.4) is 0 Å². The molecule has 2 aliphatic rings. The Kier molecular flexibility index (Phi) is 4.55. The van der Waals surface area contributed by atoms with Gasteiger partial charge >= 0.3 is 0 Å². The number of ketones is 1. The van der Waals surface area contributed by atoms with E-state index in [4.69, 9.17) is 4.74 Å². The van der Waals surface area contributed by atoms with Crippen molar-refractivity contribution in [2.45, 2.75) is 12.5 Å². The van der Waals surface area contributed by atoms with E-state index in [1.54, 1.807) is 24.7 Å². The first kappa shape index (κ1) is 18.5. The summed E-state index contributed by atoms with van der Waals surface area (Å²) in [4.78, 5) is 30.6. The van der Waals surface area contributed by atoms with Gasteiger partial charge in [0.1, 0.15) is 5.69 Å². The maximum Gasteiger partial charge on any atom is 0.293 e. The first-order valence-electron chi connectivity index (χ1n) is 9.89. The molecule has 2 aliphatic heterocycles. The van der Waals surface area contributed by atoms with Gasteiger partial charge in [0.05, 0.1) is 42.4 Å². The van der Waals surface area contributed by atoms with Gasteiger partial charge in [-0.3, -0.25) is 14.9 Å². The zero-order valence-corrected chi connectivity index (χ0v) is 16.2. The molecule has 0 bridgehead atoms. The van der Waals surface area contributed by atoms with Crippen LogP contribution < -0.4 is 4.90 Å². The lowest BCUT2D eigenvalue weighted by atomic mass is 9.96. The van der Waals surface area contributed by atoms with Gasteiger partial charge in [0, 0.05) is 36.7 Å². The first-order chi connectivity index (χ1) is 14.6. The average Bonchev–Trinajstić information content (AvgIpc) is 3.36. The molecule has 0 radical (unpaired) electrons. The summed E-state index contributed by atoms with van der Waals surface area (Å²) in [5.41, 5.74) is 3.96. The van der Waals surface area contributed by atoms with E-state index in [1.165, 1.54) is 6.07 Å². The Balaban J connectivity index is 1.45. The third-order valence-corrected chi connectivity index (χ3v) is 5.82. The van der Waals surface area contributed by atoms with Crippen LogP contribution in [0.25, 0.3) is 11.3 Å². The Morgan fingerprint density at radius 2 is 2.00 bits per heavy atom. The third kappa shape index (κ3) is 3.05. The second-order valence-corrected chi connectivity index (χ2v) is 7.48. The lowest BCUT2D eigenvalue weighted by Crippen LogP contribution is -2.36. The number of imidazole rings is 1. The SMILES string of the molecule is O=C(CC1c2ccccc2-c2cncn21)c1ccc(N2CCOCC2)c([N+](=O)[O-])c1. The molecule has 30 heavy (non-hydrogen) atoms. The number of benzene rings is 2. The zero-order chi connectivity index (χ0) is 20.7. The van der Waals surface area contributed by atoms with Gasteiger partial charge in [0.15, 0.2) is 5.78 Å². The number of morpholine rings is 1. The summed E-state index contributed by atoms with van der Waals surface area (Å²) in [5.74, 6) is -0.131. The monoisotopic (exact) mass is 404 g/mol. The minimum atomic E-state index is -0.416. The van der Waals surface area contributed by atoms with Gasteiger partial charge in [-0.25, -0.2) is 4.98 Å². The number of ether oxygens (including phenoxy) is 1. The molecule has 0 saturated carbocycles. The second kappa shape index (κ2) is 7.38. The van der Waals surface area contributed by atoms with Crippen molar-refractivity contribution < 1.29 is 14.5 Å². The highest BCUT2D eigenvalue weighted by Gasteiger charge is 2.31. The van der Waals surface area contributed by atoms with E-state index in [2.05, 4.69) is 4.98 Å². The molecule has 1 aromatic heterocycles. The van der Waals surface area contributed by atoms with Crippen molar-refractivity contribution >= 4 is 17.2 Å². The van der Waals surface area contributed by atoms with Crippen LogP contribution in [0.15, 0.2) is 55.0 Å². The maximum atomic E-state index is 13.1. The molecule has 0 spiro atoms. The Bertz CT molecular complexity index is 1130. The van der Waals surface area contributed by atoms with Gasteiger partial charge in [-0.1, -0.05) is 24.3 Å². The van der Waals surface area contributed by atoms with E-state index in [-0.39, 0.29) is 23.9 Å². The lowest BCUT2D eigenvalue weighted by Gasteiger charge is -2.28. The minimum Gasteiger partial charge on any atom is -0.378 e. The van der Waals surface area contributed by atoms with Crippen LogP contribution in [0.4, 0.5) is 11.4 Å². The summed E-state index contributed by atoms with van der Waals surface area (Å²) in [6, 6.07) is 12.6. The number of hydrogen-bond donors (Lipinski definition) is 0. The summed E-state index contributed by atoms with van der Waals surface area (Å²) >= 11 is 0. The van der Waals surface area contributed by atoms with Crippen LogP contribution in [0.5, 0.6) is 0 Å². The van der Waals surface area contributed by atoms with Crippen LogP contribution >= 0.6 is 0 Å². The number of Topliss-reactive ketones (excluding diaryl/α,β-unsaturated/α-hetero) is 1. The molecule has 3 heterocycles. The van der Waals surface area contributed by atoms with E-state index in [0.717, 1.165) is 16.8 Å². The fraction of sp³-hybridized carbons (Fsp3) is 0.273. The molecule has 8 heteroatoms. The fourth-order valence-corrected chi connectivity index (χ4v) is 4.35. The average molecular weight is 404 g/mol. The van der Waals surface area contributed by atoms with E-state index >= 15 is 0 Å². The van der Waals surface area contributed by atoms with Crippen LogP contribution in [0.1, 0.15) is 28.4 Å². The van der Waals surface area contributed by atoms with Crippen molar-refractivity contribution in [1.82, 2.24) is 9.55 Å². The fourth-order valence-electron chi connectivity index (χ4n) is 4.35. The van der Waals surface area contributed by atoms with Crippen LogP contribution in [-0.4, -0.2) is 46.6 Å². The summed E-state index contributed by atoms with van der Waals surface area (Å²) in [6.07, 6.45) is 3.75. The topological polar surface area (TPSA) is 90.5 Å². The molecule has 0 amide bonds. The lowest BCUT2D eigenvalue weighted by molar-refractivity contribution is -0.384. The normalized spacial score (nSPS) is 17.5. The molecule has 1 atom stereocenters. The Morgan fingerprint density at radius 3 is 2.80 bits per heavy atom. The Labute approximate surface area is 172 Å². The molecule has 8 nitrogen and oxygen atoms in total. The van der Waals surface area contributed by atoms with Crippen molar-refractivity contribution in [2.24, 2.45) is 0 Å². The van der Waals surface area contributed by atoms with Crippen molar-refractivity contribution in [3.63, 3.8) is 0 Å². The highest BCUT2D eigenvalue weighted by molar-refractivity contribution is 5.98. The molecule has 2 aromatic carbocycles. The quantitative estimate of drug-likeness (QED) is 0.367. The number of aromatic nitrogens is 2. The standard InChI is InChI=1S/C22H20N4O4/c27-22(12-19-16-3-1-2-4-17(16)21-13-23-14-25(19)21)15-5-6-18(20(11-15)26(28)29)24-7-9-30-10-8-24/h1-6,11,13-14,19H,7-10,12H2. The minimum absolute atomic E-state index is 0.0436. The van der Waals surface area contributed by atoms with Crippen molar-refractivity contribution in [3.8, 4) is 11.3 Å². The van der Waals surface area contributed by atoms with Gasteiger partial charge in [0.2, 0.25) is 0 Å². The molecule has 5 rings (SSSR count). The number of rotatable bonds is 5. The number of nitrogens with zero attached hydrogens (tertiary/aromatic N) is 4. The van der Waals surface area contributed by atoms with Crippen LogP contribution in [-0.2, 0) is 4.74 Å². The second-order valence-electron chi connectivity index (χ2n) is 7.48. The van der Waals surface area contributed by atoms with Gasteiger partial charge in [-0.15, -0.1) is 0 Å². The molecular formula is C22H20N4O4. The number of carbonyl (C=O) groups excluding carboxylic acids is 1. The summed E-state index contributed by atoms with van der Waals surface area (Å²) < 4.78 is 7.33. The van der Waals surface area contributed by atoms with E-state index < -0.39 is 4.92 Å². The van der Waals surface area contributed by atoms with Gasteiger partial charge in [-0.2, -0.15) is 0 Å². The largest absolute Gasteiger partial charge is 0.378 e. The number of anilines is 1. The summed E-state index contributed by atoms with van der Waals surface area (Å²) in [5, 5.41) is 11.7. The number of nitro benzene ring substituents is 1. The molecular weight excluding hydrogens is 384 g/mol. The zero-order valence-electron chi connectivity index (χ0n) is 16.2. The molecule has 3 aromatic rings. The molecule has 152 valence electrons. The van der Waals surface area contributed by atoms with Crippen LogP contribution in [0.2, 0.25) is 0 Å².